The molecule has 2 aromatic rings. The molecule has 0 spiro atoms. The molecule has 0 amide bonds. The van der Waals surface area contributed by atoms with E-state index in [0.717, 1.165) is 4.57 Å². The number of aromatic nitrogens is 4. The van der Waals surface area contributed by atoms with Crippen molar-refractivity contribution in [3.8, 4) is 0 Å². The molecule has 15 heavy (non-hydrogen) atoms. The van der Waals surface area contributed by atoms with E-state index in [1.165, 1.54) is 7.05 Å². The Hall–Kier alpha value is -1.85. The van der Waals surface area contributed by atoms with Crippen molar-refractivity contribution in [3.63, 3.8) is 0 Å². The number of hydrogen-bond acceptors (Lipinski definition) is 3. The van der Waals surface area contributed by atoms with E-state index in [2.05, 4.69) is 15.0 Å². The van der Waals surface area contributed by atoms with Crippen LogP contribution >= 0.6 is 0 Å². The molecule has 2 aromatic heterocycles. The molecule has 82 valence electrons. The molecule has 0 saturated heterocycles. The van der Waals surface area contributed by atoms with Gasteiger partial charge >= 0.3 is 5.69 Å². The van der Waals surface area contributed by atoms with Crippen LogP contribution in [0.4, 0.5) is 0 Å². The summed E-state index contributed by atoms with van der Waals surface area (Å²) in [5.74, 6) is 0.606. The molecular weight excluding hydrogens is 196 g/mol. The van der Waals surface area contributed by atoms with Crippen LogP contribution in [-0.4, -0.2) is 19.5 Å². The molecule has 0 aliphatic rings. The number of nitrogens with zero attached hydrogens (tertiary/aromatic N) is 2. The zero-order chi connectivity index (χ0) is 11.6. The summed E-state index contributed by atoms with van der Waals surface area (Å²) in [4.78, 5) is 31.8. The van der Waals surface area contributed by atoms with Crippen LogP contribution in [0.5, 0.6) is 0 Å². The van der Waals surface area contributed by atoms with Gasteiger partial charge in [0, 0.05) is 7.05 Å². The van der Waals surface area contributed by atoms with Gasteiger partial charge in [0.25, 0.3) is 5.56 Å². The third kappa shape index (κ3) is 1.83. The topological polar surface area (TPSA) is 83.5 Å². The summed E-state index contributed by atoms with van der Waals surface area (Å²) in [7, 11) is 1.41. The fraction of sp³-hybridized carbons (Fsp3) is 0.444. The van der Waals surface area contributed by atoms with Gasteiger partial charge in [-0.25, -0.2) is 9.78 Å². The highest BCUT2D eigenvalue weighted by Gasteiger charge is 2.06. The Labute approximate surface area is 86.0 Å². The number of rotatable bonds is 0. The monoisotopic (exact) mass is 210 g/mol. The minimum atomic E-state index is -0.455. The fourth-order valence-corrected chi connectivity index (χ4v) is 1.18. The summed E-state index contributed by atoms with van der Waals surface area (Å²) in [6.45, 7) is 5.72. The van der Waals surface area contributed by atoms with E-state index in [1.54, 1.807) is 6.92 Å². The van der Waals surface area contributed by atoms with Crippen molar-refractivity contribution in [1.82, 2.24) is 19.5 Å². The second-order valence-electron chi connectivity index (χ2n) is 2.84. The van der Waals surface area contributed by atoms with E-state index in [9.17, 15) is 9.59 Å². The molecule has 0 aromatic carbocycles. The van der Waals surface area contributed by atoms with E-state index in [4.69, 9.17) is 0 Å². The molecule has 2 heterocycles. The lowest BCUT2D eigenvalue weighted by molar-refractivity contribution is 0.790. The average molecular weight is 210 g/mol. The number of imidazole rings is 1. The molecule has 6 heteroatoms. The molecular formula is C9H14N4O2. The molecule has 2 rings (SSSR count). The van der Waals surface area contributed by atoms with Crippen LogP contribution in [0.1, 0.15) is 19.7 Å². The number of hydrogen-bond donors (Lipinski definition) is 2. The first-order valence-electron chi connectivity index (χ1n) is 4.75. The maximum Gasteiger partial charge on any atom is 0.329 e. The Morgan fingerprint density at radius 1 is 1.20 bits per heavy atom. The van der Waals surface area contributed by atoms with Crippen molar-refractivity contribution in [2.45, 2.75) is 20.8 Å². The lowest BCUT2D eigenvalue weighted by atomic mass is 10.5. The lowest BCUT2D eigenvalue weighted by Gasteiger charge is -1.93. The average Bonchev–Trinajstić information content (AvgIpc) is 2.59. The Morgan fingerprint density at radius 3 is 2.40 bits per heavy atom. The van der Waals surface area contributed by atoms with E-state index in [0.29, 0.717) is 17.0 Å². The standard InChI is InChI=1S/C7H8N4O2.C2H6/c1-3-8-4-5(9-3)10-7(13)11(2)6(4)12;1-2/h1-2H3,(H,8,9)(H,10,13);1-2H3. The molecule has 0 saturated carbocycles. The van der Waals surface area contributed by atoms with Crippen molar-refractivity contribution in [2.75, 3.05) is 0 Å². The first kappa shape index (κ1) is 11.2. The smallest absolute Gasteiger partial charge is 0.329 e. The third-order valence-corrected chi connectivity index (χ3v) is 1.87. The van der Waals surface area contributed by atoms with Crippen LogP contribution in [0.15, 0.2) is 9.59 Å². The van der Waals surface area contributed by atoms with Gasteiger partial charge in [0.2, 0.25) is 0 Å². The van der Waals surface area contributed by atoms with Crippen LogP contribution in [0.2, 0.25) is 0 Å². The predicted octanol–water partition coefficient (Wildman–Crippen LogP) is 0.285. The molecule has 0 fully saturated rings. The largest absolute Gasteiger partial charge is 0.336 e. The van der Waals surface area contributed by atoms with Crippen molar-refractivity contribution >= 4 is 11.2 Å². The minimum absolute atomic E-state index is 0.311. The summed E-state index contributed by atoms with van der Waals surface area (Å²) in [5.41, 5.74) is -0.173. The van der Waals surface area contributed by atoms with Crippen molar-refractivity contribution in [2.24, 2.45) is 7.05 Å². The quantitative estimate of drug-likeness (QED) is 0.655. The number of fused-ring (bicyclic) bond motifs is 1. The fourth-order valence-electron chi connectivity index (χ4n) is 1.18. The summed E-state index contributed by atoms with van der Waals surface area (Å²) in [6.07, 6.45) is 0. The Bertz CT molecular complexity index is 576. The van der Waals surface area contributed by atoms with Crippen LogP contribution in [0, 0.1) is 6.92 Å². The third-order valence-electron chi connectivity index (χ3n) is 1.87. The number of nitrogens with one attached hydrogen (secondary N) is 2. The summed E-state index contributed by atoms with van der Waals surface area (Å²) in [5, 5.41) is 0. The second kappa shape index (κ2) is 4.12. The maximum atomic E-state index is 11.4. The van der Waals surface area contributed by atoms with Crippen LogP contribution in [-0.2, 0) is 7.05 Å². The molecule has 0 aliphatic heterocycles. The van der Waals surface area contributed by atoms with Gasteiger partial charge < -0.3 is 4.98 Å². The van der Waals surface area contributed by atoms with Gasteiger partial charge in [-0.05, 0) is 6.92 Å². The van der Waals surface area contributed by atoms with Gasteiger partial charge in [-0.2, -0.15) is 0 Å². The van der Waals surface area contributed by atoms with Gasteiger partial charge in [-0.1, -0.05) is 13.8 Å². The lowest BCUT2D eigenvalue weighted by Crippen LogP contribution is -2.32. The Balaban J connectivity index is 0.000000531. The molecule has 0 unspecified atom stereocenters. The summed E-state index contributed by atoms with van der Waals surface area (Å²) in [6, 6.07) is 0. The number of aryl methyl sites for hydroxylation is 1. The Kier molecular flexibility index (Phi) is 3.08. The van der Waals surface area contributed by atoms with Crippen molar-refractivity contribution in [1.29, 1.82) is 0 Å². The highest BCUT2D eigenvalue weighted by Crippen LogP contribution is 1.99. The SMILES string of the molecule is CC.Cc1nc2[nH]c(=O)n(C)c(=O)c2[nH]1. The van der Waals surface area contributed by atoms with Gasteiger partial charge in [-0.3, -0.25) is 14.3 Å². The second-order valence-corrected chi connectivity index (χ2v) is 2.84. The predicted molar refractivity (Wildman–Crippen MR) is 58.0 cm³/mol. The van der Waals surface area contributed by atoms with Crippen molar-refractivity contribution in [3.05, 3.63) is 26.7 Å². The van der Waals surface area contributed by atoms with Crippen LogP contribution in [0.25, 0.3) is 11.2 Å². The van der Waals surface area contributed by atoms with Gasteiger partial charge in [-0.15, -0.1) is 0 Å². The van der Waals surface area contributed by atoms with E-state index < -0.39 is 5.69 Å². The zero-order valence-corrected chi connectivity index (χ0v) is 9.21. The van der Waals surface area contributed by atoms with E-state index >= 15 is 0 Å². The number of aromatic amines is 2. The minimum Gasteiger partial charge on any atom is -0.336 e. The van der Waals surface area contributed by atoms with Gasteiger partial charge in [0.05, 0.1) is 0 Å². The molecule has 0 bridgehead atoms. The van der Waals surface area contributed by atoms with E-state index in [1.807, 2.05) is 13.8 Å². The van der Waals surface area contributed by atoms with Crippen LogP contribution < -0.4 is 11.2 Å². The van der Waals surface area contributed by atoms with Gasteiger partial charge in [0.1, 0.15) is 11.3 Å². The summed E-state index contributed by atoms with van der Waals surface area (Å²) >= 11 is 0. The summed E-state index contributed by atoms with van der Waals surface area (Å²) < 4.78 is 1.000. The first-order valence-corrected chi connectivity index (χ1v) is 4.75. The van der Waals surface area contributed by atoms with Crippen molar-refractivity contribution < 1.29 is 0 Å². The molecule has 0 aliphatic carbocycles. The normalized spacial score (nSPS) is 9.87. The molecule has 2 N–H and O–H groups in total. The molecule has 0 radical (unpaired) electrons. The van der Waals surface area contributed by atoms with E-state index in [-0.39, 0.29) is 5.56 Å². The van der Waals surface area contributed by atoms with Gasteiger partial charge in [0.15, 0.2) is 5.65 Å². The zero-order valence-electron chi connectivity index (χ0n) is 9.21. The first-order chi connectivity index (χ1) is 7.09. The van der Waals surface area contributed by atoms with Crippen LogP contribution in [0.3, 0.4) is 0 Å². The maximum absolute atomic E-state index is 11.4. The Morgan fingerprint density at radius 2 is 1.80 bits per heavy atom. The highest BCUT2D eigenvalue weighted by atomic mass is 16.2. The molecule has 6 nitrogen and oxygen atoms in total. The number of H-pyrrole nitrogens is 2. The highest BCUT2D eigenvalue weighted by molar-refractivity contribution is 5.68. The molecule has 0 atom stereocenters.